The smallest absolute Gasteiger partial charge is 0.238 e. The zero-order valence-corrected chi connectivity index (χ0v) is 17.1. The summed E-state index contributed by atoms with van der Waals surface area (Å²) in [6.07, 6.45) is 1.70. The summed E-state index contributed by atoms with van der Waals surface area (Å²) in [4.78, 5) is 27.4. The van der Waals surface area contributed by atoms with E-state index < -0.39 is 0 Å². The Labute approximate surface area is 174 Å². The lowest BCUT2D eigenvalue weighted by Gasteiger charge is -2.31. The molecule has 3 rings (SSSR count). The summed E-state index contributed by atoms with van der Waals surface area (Å²) in [6.45, 7) is 1.97. The normalized spacial score (nSPS) is 15.2. The molecular weight excluding hydrogens is 394 g/mol. The van der Waals surface area contributed by atoms with Gasteiger partial charge in [0, 0.05) is 29.7 Å². The van der Waals surface area contributed by atoms with Crippen LogP contribution in [0.3, 0.4) is 0 Å². The standard InChI is InChI=1S/C21H24ClN3O2S/c22-18-8-4-5-9-19(18)28-15-21(27)24-17-10-12-25(13-11-17)14-20(26)23-16-6-2-1-3-7-16/h1-9,17H,10-15H2,(H,23,26)(H,24,27). The summed E-state index contributed by atoms with van der Waals surface area (Å²) in [5, 5.41) is 6.67. The number of hydrogen-bond donors (Lipinski definition) is 2. The summed E-state index contributed by atoms with van der Waals surface area (Å²) in [7, 11) is 0. The number of nitrogens with zero attached hydrogens (tertiary/aromatic N) is 1. The molecule has 5 nitrogen and oxygen atoms in total. The summed E-state index contributed by atoms with van der Waals surface area (Å²) < 4.78 is 0. The van der Waals surface area contributed by atoms with Crippen molar-refractivity contribution in [2.45, 2.75) is 23.8 Å². The molecule has 1 saturated heterocycles. The van der Waals surface area contributed by atoms with E-state index in [1.165, 1.54) is 11.8 Å². The molecule has 2 aromatic rings. The number of likely N-dealkylation sites (tertiary alicyclic amines) is 1. The molecule has 0 saturated carbocycles. The van der Waals surface area contributed by atoms with Crippen molar-refractivity contribution >= 4 is 40.9 Å². The second kappa shape index (κ2) is 10.5. The van der Waals surface area contributed by atoms with Crippen molar-refractivity contribution in [1.82, 2.24) is 10.2 Å². The van der Waals surface area contributed by atoms with Crippen molar-refractivity contribution in [3.63, 3.8) is 0 Å². The van der Waals surface area contributed by atoms with Crippen LogP contribution in [-0.2, 0) is 9.59 Å². The Bertz CT molecular complexity index is 795. The number of thioether (sulfide) groups is 1. The molecule has 1 aliphatic rings. The number of carbonyl (C=O) groups is 2. The fourth-order valence-electron chi connectivity index (χ4n) is 3.13. The highest BCUT2D eigenvalue weighted by Crippen LogP contribution is 2.26. The molecule has 148 valence electrons. The van der Waals surface area contributed by atoms with E-state index in [-0.39, 0.29) is 17.9 Å². The number of carbonyl (C=O) groups excluding carboxylic acids is 2. The number of piperidine rings is 1. The molecule has 28 heavy (non-hydrogen) atoms. The third-order valence-electron chi connectivity index (χ3n) is 4.57. The van der Waals surface area contributed by atoms with Crippen molar-refractivity contribution in [2.75, 3.05) is 30.7 Å². The number of anilines is 1. The van der Waals surface area contributed by atoms with E-state index in [4.69, 9.17) is 11.6 Å². The van der Waals surface area contributed by atoms with Crippen molar-refractivity contribution in [1.29, 1.82) is 0 Å². The molecule has 7 heteroatoms. The van der Waals surface area contributed by atoms with Crippen LogP contribution < -0.4 is 10.6 Å². The Morgan fingerprint density at radius 3 is 2.39 bits per heavy atom. The number of benzene rings is 2. The highest BCUT2D eigenvalue weighted by atomic mass is 35.5. The van der Waals surface area contributed by atoms with Crippen LogP contribution in [0.2, 0.25) is 5.02 Å². The van der Waals surface area contributed by atoms with Crippen molar-refractivity contribution in [3.8, 4) is 0 Å². The first-order valence-electron chi connectivity index (χ1n) is 9.34. The third-order valence-corrected chi connectivity index (χ3v) is 6.09. The second-order valence-electron chi connectivity index (χ2n) is 6.75. The van der Waals surface area contributed by atoms with Crippen LogP contribution in [0.5, 0.6) is 0 Å². The Morgan fingerprint density at radius 2 is 1.68 bits per heavy atom. The van der Waals surface area contributed by atoms with Crippen LogP contribution in [-0.4, -0.2) is 48.1 Å². The van der Waals surface area contributed by atoms with Crippen LogP contribution in [0.15, 0.2) is 59.5 Å². The number of rotatable bonds is 7. The van der Waals surface area contributed by atoms with Gasteiger partial charge in [-0.3, -0.25) is 14.5 Å². The predicted molar refractivity (Wildman–Crippen MR) is 115 cm³/mol. The lowest BCUT2D eigenvalue weighted by atomic mass is 10.1. The quantitative estimate of drug-likeness (QED) is 0.675. The maximum absolute atomic E-state index is 12.2. The molecule has 1 fully saturated rings. The summed E-state index contributed by atoms with van der Waals surface area (Å²) in [6, 6.07) is 17.2. The van der Waals surface area contributed by atoms with Gasteiger partial charge in [0.1, 0.15) is 0 Å². The monoisotopic (exact) mass is 417 g/mol. The fraction of sp³-hybridized carbons (Fsp3) is 0.333. The molecule has 0 atom stereocenters. The van der Waals surface area contributed by atoms with Gasteiger partial charge in [-0.05, 0) is 37.1 Å². The molecule has 0 bridgehead atoms. The van der Waals surface area contributed by atoms with Crippen LogP contribution >= 0.6 is 23.4 Å². The molecule has 0 aromatic heterocycles. The number of para-hydroxylation sites is 1. The Balaban J connectivity index is 1.35. The number of amides is 2. The molecule has 1 heterocycles. The Morgan fingerprint density at radius 1 is 1.00 bits per heavy atom. The molecule has 2 N–H and O–H groups in total. The summed E-state index contributed by atoms with van der Waals surface area (Å²) in [5.74, 6) is 0.360. The molecule has 0 aliphatic carbocycles. The molecule has 2 amide bonds. The number of hydrogen-bond acceptors (Lipinski definition) is 4. The van der Waals surface area contributed by atoms with Gasteiger partial charge in [-0.1, -0.05) is 41.9 Å². The minimum absolute atomic E-state index is 0.00942. The largest absolute Gasteiger partial charge is 0.353 e. The van der Waals surface area contributed by atoms with Gasteiger partial charge in [0.05, 0.1) is 17.3 Å². The van der Waals surface area contributed by atoms with E-state index in [1.807, 2.05) is 54.6 Å². The highest BCUT2D eigenvalue weighted by Gasteiger charge is 2.22. The lowest BCUT2D eigenvalue weighted by molar-refractivity contribution is -0.120. The van der Waals surface area contributed by atoms with E-state index in [1.54, 1.807) is 0 Å². The first kappa shape index (κ1) is 20.7. The zero-order valence-electron chi connectivity index (χ0n) is 15.6. The molecule has 0 spiro atoms. The van der Waals surface area contributed by atoms with Gasteiger partial charge in [-0.25, -0.2) is 0 Å². The van der Waals surface area contributed by atoms with Gasteiger partial charge in [0.25, 0.3) is 0 Å². The van der Waals surface area contributed by atoms with Crippen molar-refractivity contribution < 1.29 is 9.59 Å². The molecular formula is C21H24ClN3O2S. The Hall–Kier alpha value is -2.02. The topological polar surface area (TPSA) is 61.4 Å². The first-order valence-corrected chi connectivity index (χ1v) is 10.7. The lowest BCUT2D eigenvalue weighted by Crippen LogP contribution is -2.47. The third kappa shape index (κ3) is 6.55. The maximum Gasteiger partial charge on any atom is 0.238 e. The Kier molecular flexibility index (Phi) is 7.77. The van der Waals surface area contributed by atoms with E-state index in [0.717, 1.165) is 36.5 Å². The number of nitrogens with one attached hydrogen (secondary N) is 2. The zero-order chi connectivity index (χ0) is 19.8. The van der Waals surface area contributed by atoms with Crippen LogP contribution in [0.1, 0.15) is 12.8 Å². The molecule has 0 unspecified atom stereocenters. The van der Waals surface area contributed by atoms with Gasteiger partial charge in [0.2, 0.25) is 11.8 Å². The van der Waals surface area contributed by atoms with E-state index in [0.29, 0.717) is 17.3 Å². The van der Waals surface area contributed by atoms with Gasteiger partial charge in [-0.15, -0.1) is 11.8 Å². The minimum Gasteiger partial charge on any atom is -0.353 e. The SMILES string of the molecule is O=C(CN1CCC(NC(=O)CSc2ccccc2Cl)CC1)Nc1ccccc1. The van der Waals surface area contributed by atoms with Crippen LogP contribution in [0, 0.1) is 0 Å². The number of halogens is 1. The van der Waals surface area contributed by atoms with Gasteiger partial charge >= 0.3 is 0 Å². The van der Waals surface area contributed by atoms with E-state index >= 15 is 0 Å². The average molecular weight is 418 g/mol. The summed E-state index contributed by atoms with van der Waals surface area (Å²) >= 11 is 7.56. The van der Waals surface area contributed by atoms with Crippen molar-refractivity contribution in [2.24, 2.45) is 0 Å². The van der Waals surface area contributed by atoms with Gasteiger partial charge < -0.3 is 10.6 Å². The molecule has 0 radical (unpaired) electrons. The van der Waals surface area contributed by atoms with Crippen LogP contribution in [0.25, 0.3) is 0 Å². The minimum atomic E-state index is -0.00942. The first-order chi connectivity index (χ1) is 13.6. The molecule has 1 aliphatic heterocycles. The summed E-state index contributed by atoms with van der Waals surface area (Å²) in [5.41, 5.74) is 0.811. The highest BCUT2D eigenvalue weighted by molar-refractivity contribution is 8.00. The van der Waals surface area contributed by atoms with Crippen LogP contribution in [0.4, 0.5) is 5.69 Å². The van der Waals surface area contributed by atoms with E-state index in [9.17, 15) is 9.59 Å². The predicted octanol–water partition coefficient (Wildman–Crippen LogP) is 3.65. The van der Waals surface area contributed by atoms with Crippen molar-refractivity contribution in [3.05, 3.63) is 59.6 Å². The second-order valence-corrected chi connectivity index (χ2v) is 8.18. The molecule has 2 aromatic carbocycles. The average Bonchev–Trinajstić information content (AvgIpc) is 2.69. The van der Waals surface area contributed by atoms with Gasteiger partial charge in [0.15, 0.2) is 0 Å². The maximum atomic E-state index is 12.2. The fourth-order valence-corrected chi connectivity index (χ4v) is 4.18. The van der Waals surface area contributed by atoms with E-state index in [2.05, 4.69) is 15.5 Å². The van der Waals surface area contributed by atoms with Gasteiger partial charge in [-0.2, -0.15) is 0 Å².